The molecule has 0 saturated carbocycles. The van der Waals surface area contributed by atoms with Crippen molar-refractivity contribution in [1.82, 2.24) is 0 Å². The molecule has 0 heteroatoms. The normalized spacial score (nSPS) is 13.9. The lowest BCUT2D eigenvalue weighted by atomic mass is 9.73. The second-order valence-electron chi connectivity index (χ2n) is 8.02. The minimum absolute atomic E-state index is 0.516. The van der Waals surface area contributed by atoms with E-state index in [9.17, 15) is 0 Å². The topological polar surface area (TPSA) is 0 Å². The van der Waals surface area contributed by atoms with Crippen LogP contribution >= 0.6 is 0 Å². The van der Waals surface area contributed by atoms with Crippen LogP contribution in [0.25, 0.3) is 0 Å². The summed E-state index contributed by atoms with van der Waals surface area (Å²) in [6.07, 6.45) is 5.44. The van der Waals surface area contributed by atoms with Crippen molar-refractivity contribution in [2.45, 2.75) is 81.1 Å². The summed E-state index contributed by atoms with van der Waals surface area (Å²) >= 11 is 0. The summed E-state index contributed by atoms with van der Waals surface area (Å²) in [7, 11) is 0. The molecule has 0 amide bonds. The van der Waals surface area contributed by atoms with Crippen LogP contribution in [0, 0.1) is 22.7 Å². The maximum Gasteiger partial charge on any atom is -0.0352 e. The molecule has 0 saturated heterocycles. The maximum atomic E-state index is 2.43. The smallest absolute Gasteiger partial charge is 0.0352 e. The first-order chi connectivity index (χ1) is 7.04. The molecule has 0 atom stereocenters. The Morgan fingerprint density at radius 2 is 0.875 bits per heavy atom. The molecule has 0 aliphatic heterocycles. The van der Waals surface area contributed by atoms with Crippen LogP contribution in [0.15, 0.2) is 0 Å². The Labute approximate surface area is 104 Å². The number of hydrogen-bond acceptors (Lipinski definition) is 0. The van der Waals surface area contributed by atoms with Crippen molar-refractivity contribution in [3.8, 4) is 0 Å². The van der Waals surface area contributed by atoms with Crippen molar-refractivity contribution in [1.29, 1.82) is 0 Å². The standard InChI is InChI=1S/C16H34/c1-13(2)11-15(5,6)9-10-16(7,8)12-14(3)4/h13-14H,9-12H2,1-8H3. The van der Waals surface area contributed by atoms with E-state index < -0.39 is 0 Å². The lowest BCUT2D eigenvalue weighted by Gasteiger charge is -2.33. The first-order valence-electron chi connectivity index (χ1n) is 7.04. The van der Waals surface area contributed by atoms with E-state index in [-0.39, 0.29) is 0 Å². The van der Waals surface area contributed by atoms with Gasteiger partial charge < -0.3 is 0 Å². The molecular weight excluding hydrogens is 192 g/mol. The van der Waals surface area contributed by atoms with Gasteiger partial charge in [0.15, 0.2) is 0 Å². The van der Waals surface area contributed by atoms with Crippen LogP contribution in [0.5, 0.6) is 0 Å². The summed E-state index contributed by atoms with van der Waals surface area (Å²) in [5, 5.41) is 0. The van der Waals surface area contributed by atoms with Crippen LogP contribution in [0.3, 0.4) is 0 Å². The van der Waals surface area contributed by atoms with Crippen LogP contribution in [-0.2, 0) is 0 Å². The number of hydrogen-bond donors (Lipinski definition) is 0. The predicted octanol–water partition coefficient (Wildman–Crippen LogP) is 5.91. The van der Waals surface area contributed by atoms with E-state index in [1.165, 1.54) is 25.7 Å². The summed E-state index contributed by atoms with van der Waals surface area (Å²) in [6.45, 7) is 19.1. The Morgan fingerprint density at radius 3 is 1.06 bits per heavy atom. The van der Waals surface area contributed by atoms with Crippen molar-refractivity contribution < 1.29 is 0 Å². The average Bonchev–Trinajstić information content (AvgIpc) is 1.96. The van der Waals surface area contributed by atoms with E-state index in [1.807, 2.05) is 0 Å². The van der Waals surface area contributed by atoms with Gasteiger partial charge in [0.25, 0.3) is 0 Å². The lowest BCUT2D eigenvalue weighted by Crippen LogP contribution is -2.21. The Kier molecular flexibility index (Phi) is 6.07. The molecule has 0 nitrogen and oxygen atoms in total. The minimum atomic E-state index is 0.516. The molecule has 0 unspecified atom stereocenters. The van der Waals surface area contributed by atoms with Crippen molar-refractivity contribution in [2.75, 3.05) is 0 Å². The van der Waals surface area contributed by atoms with Gasteiger partial charge in [0, 0.05) is 0 Å². The molecule has 0 N–H and O–H groups in total. The fraction of sp³-hybridized carbons (Fsp3) is 1.00. The highest BCUT2D eigenvalue weighted by Crippen LogP contribution is 2.38. The third-order valence-corrected chi connectivity index (χ3v) is 3.40. The summed E-state index contributed by atoms with van der Waals surface area (Å²) in [5.41, 5.74) is 1.03. The molecule has 0 fully saturated rings. The SMILES string of the molecule is CC(C)CC(C)(C)CCC(C)(C)CC(C)C. The first kappa shape index (κ1) is 16.0. The minimum Gasteiger partial charge on any atom is -0.0628 e. The fourth-order valence-electron chi connectivity index (χ4n) is 3.09. The molecule has 0 aromatic rings. The van der Waals surface area contributed by atoms with Gasteiger partial charge in [-0.3, -0.25) is 0 Å². The van der Waals surface area contributed by atoms with E-state index in [4.69, 9.17) is 0 Å². The van der Waals surface area contributed by atoms with E-state index in [2.05, 4.69) is 55.4 Å². The predicted molar refractivity (Wildman–Crippen MR) is 75.7 cm³/mol. The van der Waals surface area contributed by atoms with Gasteiger partial charge >= 0.3 is 0 Å². The van der Waals surface area contributed by atoms with Gasteiger partial charge in [-0.2, -0.15) is 0 Å². The largest absolute Gasteiger partial charge is 0.0628 e. The second-order valence-corrected chi connectivity index (χ2v) is 8.02. The Hall–Kier alpha value is 0. The molecule has 0 spiro atoms. The van der Waals surface area contributed by atoms with E-state index >= 15 is 0 Å². The Morgan fingerprint density at radius 1 is 0.625 bits per heavy atom. The molecule has 0 rings (SSSR count). The van der Waals surface area contributed by atoms with Gasteiger partial charge in [-0.05, 0) is 48.3 Å². The highest BCUT2D eigenvalue weighted by Gasteiger charge is 2.25. The highest BCUT2D eigenvalue weighted by atomic mass is 14.3. The summed E-state index contributed by atoms with van der Waals surface area (Å²) in [5.74, 6) is 1.64. The average molecular weight is 226 g/mol. The van der Waals surface area contributed by atoms with E-state index in [1.54, 1.807) is 0 Å². The summed E-state index contributed by atoms with van der Waals surface area (Å²) < 4.78 is 0. The zero-order chi connectivity index (χ0) is 13.0. The van der Waals surface area contributed by atoms with Gasteiger partial charge in [0.1, 0.15) is 0 Å². The zero-order valence-corrected chi connectivity index (χ0v) is 13.0. The van der Waals surface area contributed by atoms with E-state index in [0.29, 0.717) is 10.8 Å². The van der Waals surface area contributed by atoms with Gasteiger partial charge in [0.2, 0.25) is 0 Å². The van der Waals surface area contributed by atoms with Gasteiger partial charge in [-0.15, -0.1) is 0 Å². The number of rotatable bonds is 7. The quantitative estimate of drug-likeness (QED) is 0.506. The first-order valence-corrected chi connectivity index (χ1v) is 7.04. The van der Waals surface area contributed by atoms with Crippen molar-refractivity contribution in [2.24, 2.45) is 22.7 Å². The molecule has 0 bridgehead atoms. The van der Waals surface area contributed by atoms with Gasteiger partial charge in [-0.1, -0.05) is 55.4 Å². The Balaban J connectivity index is 4.11. The van der Waals surface area contributed by atoms with Crippen LogP contribution in [0.1, 0.15) is 81.1 Å². The van der Waals surface area contributed by atoms with Crippen molar-refractivity contribution in [3.63, 3.8) is 0 Å². The molecular formula is C16H34. The molecule has 0 aromatic heterocycles. The molecule has 0 radical (unpaired) electrons. The maximum absolute atomic E-state index is 2.43. The van der Waals surface area contributed by atoms with Crippen LogP contribution in [-0.4, -0.2) is 0 Å². The van der Waals surface area contributed by atoms with Crippen molar-refractivity contribution >= 4 is 0 Å². The molecule has 98 valence electrons. The molecule has 0 aromatic carbocycles. The molecule has 0 aliphatic carbocycles. The van der Waals surface area contributed by atoms with E-state index in [0.717, 1.165) is 11.8 Å². The monoisotopic (exact) mass is 226 g/mol. The highest BCUT2D eigenvalue weighted by molar-refractivity contribution is 4.77. The summed E-state index contributed by atoms with van der Waals surface area (Å²) in [6, 6.07) is 0. The molecule has 0 aliphatic rings. The van der Waals surface area contributed by atoms with Crippen LogP contribution < -0.4 is 0 Å². The molecule has 0 heterocycles. The lowest BCUT2D eigenvalue weighted by molar-refractivity contribution is 0.186. The second kappa shape index (κ2) is 6.07. The van der Waals surface area contributed by atoms with Gasteiger partial charge in [0.05, 0.1) is 0 Å². The van der Waals surface area contributed by atoms with Gasteiger partial charge in [-0.25, -0.2) is 0 Å². The van der Waals surface area contributed by atoms with Crippen molar-refractivity contribution in [3.05, 3.63) is 0 Å². The van der Waals surface area contributed by atoms with Crippen LogP contribution in [0.4, 0.5) is 0 Å². The Bertz CT molecular complexity index is 162. The third kappa shape index (κ3) is 8.19. The zero-order valence-electron chi connectivity index (χ0n) is 13.0. The molecule has 16 heavy (non-hydrogen) atoms. The fourth-order valence-corrected chi connectivity index (χ4v) is 3.09. The third-order valence-electron chi connectivity index (χ3n) is 3.40. The van der Waals surface area contributed by atoms with Crippen LogP contribution in [0.2, 0.25) is 0 Å². The summed E-state index contributed by atoms with van der Waals surface area (Å²) in [4.78, 5) is 0.